The van der Waals surface area contributed by atoms with Crippen molar-refractivity contribution in [2.24, 2.45) is 0 Å². The van der Waals surface area contributed by atoms with Gasteiger partial charge in [-0.15, -0.1) is 0 Å². The maximum absolute atomic E-state index is 13.9. The van der Waals surface area contributed by atoms with Crippen molar-refractivity contribution in [3.05, 3.63) is 101 Å². The Morgan fingerprint density at radius 2 is 1.68 bits per heavy atom. The van der Waals surface area contributed by atoms with E-state index in [1.807, 2.05) is 54.3 Å². The molecular formula is C38H49FN4O4. The molecule has 2 saturated heterocycles. The number of hydrogen-bond donors (Lipinski definition) is 1. The van der Waals surface area contributed by atoms with Gasteiger partial charge in [-0.05, 0) is 99.8 Å². The Hall–Kier alpha value is -3.79. The van der Waals surface area contributed by atoms with Crippen molar-refractivity contribution < 1.29 is 23.8 Å². The summed E-state index contributed by atoms with van der Waals surface area (Å²) in [6.07, 6.45) is 2.05. The minimum absolute atomic E-state index is 0.0243. The Morgan fingerprint density at radius 3 is 2.45 bits per heavy atom. The second-order valence-electron chi connectivity index (χ2n) is 13.0. The quantitative estimate of drug-likeness (QED) is 0.268. The van der Waals surface area contributed by atoms with Gasteiger partial charge in [0.15, 0.2) is 0 Å². The van der Waals surface area contributed by atoms with Crippen LogP contribution >= 0.6 is 0 Å². The summed E-state index contributed by atoms with van der Waals surface area (Å²) >= 11 is 0. The van der Waals surface area contributed by atoms with E-state index in [9.17, 15) is 19.1 Å². The van der Waals surface area contributed by atoms with Crippen LogP contribution < -0.4 is 0 Å². The molecule has 2 fully saturated rings. The number of benzene rings is 3. The molecule has 0 radical (unpaired) electrons. The molecule has 1 unspecified atom stereocenters. The third-order valence-corrected chi connectivity index (χ3v) is 9.44. The topological polar surface area (TPSA) is 76.6 Å². The van der Waals surface area contributed by atoms with Crippen molar-refractivity contribution in [1.29, 1.82) is 0 Å². The van der Waals surface area contributed by atoms with E-state index in [-0.39, 0.29) is 41.6 Å². The first-order chi connectivity index (χ1) is 22.7. The van der Waals surface area contributed by atoms with E-state index in [1.165, 1.54) is 6.07 Å². The van der Waals surface area contributed by atoms with Crippen LogP contribution in [-0.2, 0) is 16.1 Å². The molecule has 2 aliphatic rings. The smallest absolute Gasteiger partial charge is 0.305 e. The molecule has 2 aliphatic heterocycles. The number of carbonyl (C=O) groups excluding carboxylic acids is 2. The summed E-state index contributed by atoms with van der Waals surface area (Å²) in [5.74, 6) is -0.140. The number of phenols is 1. The van der Waals surface area contributed by atoms with E-state index in [0.29, 0.717) is 38.2 Å². The highest BCUT2D eigenvalue weighted by Crippen LogP contribution is 2.35. The lowest BCUT2D eigenvalue weighted by Gasteiger charge is -2.47. The van der Waals surface area contributed by atoms with Gasteiger partial charge in [-0.25, -0.2) is 4.39 Å². The minimum Gasteiger partial charge on any atom is -0.508 e. The molecule has 47 heavy (non-hydrogen) atoms. The van der Waals surface area contributed by atoms with E-state index in [1.54, 1.807) is 18.2 Å². The van der Waals surface area contributed by atoms with Crippen LogP contribution in [0.5, 0.6) is 5.75 Å². The van der Waals surface area contributed by atoms with E-state index in [4.69, 9.17) is 4.74 Å². The van der Waals surface area contributed by atoms with Crippen LogP contribution in [0.3, 0.4) is 0 Å². The van der Waals surface area contributed by atoms with Crippen molar-refractivity contribution in [2.45, 2.75) is 64.7 Å². The van der Waals surface area contributed by atoms with Gasteiger partial charge in [-0.1, -0.05) is 36.4 Å². The molecule has 252 valence electrons. The number of ether oxygens (including phenoxy) is 1. The van der Waals surface area contributed by atoms with Crippen LogP contribution in [0, 0.1) is 5.82 Å². The number of nitrogens with zero attached hydrogens (tertiary/aromatic N) is 4. The Balaban J connectivity index is 1.31. The molecule has 1 N–H and O–H groups in total. The van der Waals surface area contributed by atoms with Crippen LogP contribution in [0.4, 0.5) is 4.39 Å². The fourth-order valence-corrected chi connectivity index (χ4v) is 7.05. The highest BCUT2D eigenvalue weighted by atomic mass is 19.1. The molecule has 0 saturated carbocycles. The number of piperazine rings is 1. The molecular weight excluding hydrogens is 595 g/mol. The molecule has 2 heterocycles. The zero-order chi connectivity index (χ0) is 33.3. The van der Waals surface area contributed by atoms with Crippen molar-refractivity contribution >= 4 is 11.9 Å². The fraction of sp³-hybridized carbons (Fsp3) is 0.474. The molecule has 3 atom stereocenters. The summed E-state index contributed by atoms with van der Waals surface area (Å²) in [6, 6.07) is 22.4. The zero-order valence-electron chi connectivity index (χ0n) is 28.0. The number of amides is 1. The lowest BCUT2D eigenvalue weighted by Crippen LogP contribution is -2.56. The zero-order valence-corrected chi connectivity index (χ0v) is 28.0. The monoisotopic (exact) mass is 644 g/mol. The molecule has 1 amide bonds. The maximum Gasteiger partial charge on any atom is 0.305 e. The summed E-state index contributed by atoms with van der Waals surface area (Å²) < 4.78 is 19.0. The van der Waals surface area contributed by atoms with Crippen LogP contribution in [0.15, 0.2) is 72.8 Å². The van der Waals surface area contributed by atoms with Crippen LogP contribution in [-0.4, -0.2) is 101 Å². The number of aromatic hydroxyl groups is 1. The Bertz CT molecular complexity index is 1500. The second-order valence-corrected chi connectivity index (χ2v) is 13.0. The summed E-state index contributed by atoms with van der Waals surface area (Å²) in [5, 5.41) is 10.5. The molecule has 3 aromatic rings. The molecule has 9 heteroatoms. The molecule has 8 nitrogen and oxygen atoms in total. The molecule has 5 rings (SSSR count). The van der Waals surface area contributed by atoms with Gasteiger partial charge in [0, 0.05) is 63.3 Å². The first-order valence-corrected chi connectivity index (χ1v) is 17.0. The van der Waals surface area contributed by atoms with E-state index in [0.717, 1.165) is 62.3 Å². The SMILES string of the molecule is CCOC(=O)CCCN1CCCN(C(=O)c2cccc(C(c3cccc(O)c3)N3C[C@@H](C)N(Cc4cccc(F)c4)C[C@@H]3C)c2)CC1. The van der Waals surface area contributed by atoms with Gasteiger partial charge in [-0.3, -0.25) is 19.4 Å². The van der Waals surface area contributed by atoms with E-state index in [2.05, 4.69) is 34.6 Å². The number of phenolic OH excluding ortho intramolecular Hbond substituents is 1. The maximum atomic E-state index is 13.9. The van der Waals surface area contributed by atoms with Crippen molar-refractivity contribution in [2.75, 3.05) is 52.4 Å². The molecule has 0 aromatic heterocycles. The van der Waals surface area contributed by atoms with Gasteiger partial charge in [0.05, 0.1) is 12.6 Å². The van der Waals surface area contributed by atoms with Gasteiger partial charge in [-0.2, -0.15) is 0 Å². The summed E-state index contributed by atoms with van der Waals surface area (Å²) in [4.78, 5) is 34.8. The van der Waals surface area contributed by atoms with Crippen molar-refractivity contribution in [3.63, 3.8) is 0 Å². The Kier molecular flexibility index (Phi) is 12.0. The molecule has 0 bridgehead atoms. The first-order valence-electron chi connectivity index (χ1n) is 17.0. The molecule has 0 spiro atoms. The van der Waals surface area contributed by atoms with Gasteiger partial charge in [0.1, 0.15) is 11.6 Å². The van der Waals surface area contributed by atoms with Gasteiger partial charge in [0.25, 0.3) is 5.91 Å². The van der Waals surface area contributed by atoms with E-state index < -0.39 is 0 Å². The van der Waals surface area contributed by atoms with Crippen molar-refractivity contribution in [3.8, 4) is 5.75 Å². The highest BCUT2D eigenvalue weighted by Gasteiger charge is 2.35. The van der Waals surface area contributed by atoms with E-state index >= 15 is 0 Å². The fourth-order valence-electron chi connectivity index (χ4n) is 7.05. The number of esters is 1. The number of hydrogen-bond acceptors (Lipinski definition) is 7. The first kappa shape index (κ1) is 34.5. The average Bonchev–Trinajstić information content (AvgIpc) is 3.29. The third-order valence-electron chi connectivity index (χ3n) is 9.44. The number of carbonyl (C=O) groups is 2. The van der Waals surface area contributed by atoms with Crippen molar-refractivity contribution in [1.82, 2.24) is 19.6 Å². The molecule has 3 aromatic carbocycles. The predicted molar refractivity (Wildman–Crippen MR) is 182 cm³/mol. The standard InChI is InChI=1S/C38H49FN4O4/c1-4-47-36(45)16-8-17-40-18-9-19-41(21-20-40)38(46)33-13-6-11-31(23-33)37(32-12-7-15-35(44)24-32)43-26-28(2)42(25-29(43)3)27-30-10-5-14-34(39)22-30/h5-7,10-15,22-24,28-29,37,44H,4,8-9,16-21,25-27H2,1-3H3/t28-,29+,37?/m1/s1. The lowest BCUT2D eigenvalue weighted by molar-refractivity contribution is -0.143. The van der Waals surface area contributed by atoms with Gasteiger partial charge < -0.3 is 19.6 Å². The lowest BCUT2D eigenvalue weighted by atomic mass is 9.92. The Morgan fingerprint density at radius 1 is 0.915 bits per heavy atom. The Labute approximate surface area is 278 Å². The van der Waals surface area contributed by atoms with Crippen LogP contribution in [0.2, 0.25) is 0 Å². The third kappa shape index (κ3) is 9.18. The van der Waals surface area contributed by atoms with Gasteiger partial charge >= 0.3 is 5.97 Å². The normalized spacial score (nSPS) is 20.5. The summed E-state index contributed by atoms with van der Waals surface area (Å²) in [7, 11) is 0. The minimum atomic E-state index is -0.219. The van der Waals surface area contributed by atoms with Crippen LogP contribution in [0.25, 0.3) is 0 Å². The average molecular weight is 645 g/mol. The molecule has 0 aliphatic carbocycles. The summed E-state index contributed by atoms with van der Waals surface area (Å²) in [5.41, 5.74) is 3.60. The van der Waals surface area contributed by atoms with Crippen LogP contribution in [0.1, 0.15) is 73.1 Å². The second kappa shape index (κ2) is 16.4. The largest absolute Gasteiger partial charge is 0.508 e. The number of rotatable bonds is 11. The summed E-state index contributed by atoms with van der Waals surface area (Å²) in [6.45, 7) is 12.7. The van der Waals surface area contributed by atoms with Gasteiger partial charge in [0.2, 0.25) is 0 Å². The number of halogens is 1. The predicted octanol–water partition coefficient (Wildman–Crippen LogP) is 5.71. The highest BCUT2D eigenvalue weighted by molar-refractivity contribution is 5.94.